The minimum absolute atomic E-state index is 0.105. The number of carbonyl (C=O) groups excluding carboxylic acids is 2. The zero-order valence-electron chi connectivity index (χ0n) is 15.5. The Balaban J connectivity index is 1.50. The van der Waals surface area contributed by atoms with Gasteiger partial charge in [-0.25, -0.2) is 4.39 Å². The molecule has 2 aliphatic rings. The van der Waals surface area contributed by atoms with Crippen LogP contribution in [-0.2, 0) is 14.3 Å². The summed E-state index contributed by atoms with van der Waals surface area (Å²) in [5, 5.41) is 3.00. The highest BCUT2D eigenvalue weighted by Gasteiger charge is 2.29. The van der Waals surface area contributed by atoms with Crippen LogP contribution in [0.2, 0.25) is 0 Å². The second kappa shape index (κ2) is 9.69. The number of nitrogens with zero attached hydrogens (tertiary/aromatic N) is 1. The van der Waals surface area contributed by atoms with Crippen molar-refractivity contribution in [3.05, 3.63) is 30.1 Å². The van der Waals surface area contributed by atoms with Gasteiger partial charge in [0.1, 0.15) is 17.7 Å². The summed E-state index contributed by atoms with van der Waals surface area (Å²) in [6, 6.07) is 5.74. The molecule has 1 aromatic rings. The third kappa shape index (κ3) is 5.92. The molecule has 148 valence electrons. The van der Waals surface area contributed by atoms with Crippen LogP contribution in [0.15, 0.2) is 24.3 Å². The minimum atomic E-state index is -0.371. The fourth-order valence-corrected chi connectivity index (χ4v) is 3.50. The summed E-state index contributed by atoms with van der Waals surface area (Å²) in [5.74, 6) is 0.0808. The maximum Gasteiger partial charge on any atom is 0.222 e. The average Bonchev–Trinajstić information content (AvgIpc) is 2.86. The quantitative estimate of drug-likeness (QED) is 0.825. The first-order valence-electron chi connectivity index (χ1n) is 9.69. The van der Waals surface area contributed by atoms with Crippen LogP contribution in [0.5, 0.6) is 5.75 Å². The molecule has 3 rings (SSSR count). The van der Waals surface area contributed by atoms with E-state index < -0.39 is 0 Å². The number of hydrogen-bond acceptors (Lipinski definition) is 4. The number of amides is 2. The number of nitrogens with one attached hydrogen (secondary N) is 1. The summed E-state index contributed by atoms with van der Waals surface area (Å²) in [6.07, 6.45) is 4.11. The number of carbonyl (C=O) groups is 2. The molecular weight excluding hydrogens is 351 g/mol. The largest absolute Gasteiger partial charge is 0.486 e. The lowest BCUT2D eigenvalue weighted by atomic mass is 10.1. The molecule has 2 heterocycles. The molecule has 0 unspecified atom stereocenters. The Bertz CT molecular complexity index is 655. The standard InChI is InChI=1S/C20H27FN2O4/c21-15-5-4-6-16(13-15)27-18-14-26-12-9-17(18)22-19(24)8-11-23-10-3-1-2-7-20(23)25/h4-6,13,17-18H,1-3,7-12,14H2,(H,22,24)/t17-,18-/m1/s1. The van der Waals surface area contributed by atoms with Crippen molar-refractivity contribution in [2.45, 2.75) is 50.7 Å². The van der Waals surface area contributed by atoms with E-state index in [2.05, 4.69) is 5.32 Å². The molecular formula is C20H27FN2O4. The Kier molecular flexibility index (Phi) is 7.04. The maximum atomic E-state index is 13.4. The van der Waals surface area contributed by atoms with Gasteiger partial charge in [-0.05, 0) is 31.4 Å². The summed E-state index contributed by atoms with van der Waals surface area (Å²) < 4.78 is 24.6. The van der Waals surface area contributed by atoms with Crippen molar-refractivity contribution in [2.24, 2.45) is 0 Å². The number of halogens is 1. The molecule has 1 aromatic carbocycles. The summed E-state index contributed by atoms with van der Waals surface area (Å²) in [6.45, 7) is 2.06. The number of likely N-dealkylation sites (tertiary alicyclic amines) is 1. The molecule has 0 bridgehead atoms. The molecule has 0 radical (unpaired) electrons. The van der Waals surface area contributed by atoms with Gasteiger partial charge >= 0.3 is 0 Å². The Morgan fingerprint density at radius 1 is 1.33 bits per heavy atom. The number of hydrogen-bond donors (Lipinski definition) is 1. The molecule has 2 aliphatic heterocycles. The van der Waals surface area contributed by atoms with Gasteiger partial charge < -0.3 is 19.7 Å². The number of ether oxygens (including phenoxy) is 2. The molecule has 0 aliphatic carbocycles. The molecule has 2 amide bonds. The smallest absolute Gasteiger partial charge is 0.222 e. The number of benzene rings is 1. The third-order valence-electron chi connectivity index (χ3n) is 5.01. The van der Waals surface area contributed by atoms with Crippen molar-refractivity contribution < 1.29 is 23.5 Å². The second-order valence-electron chi connectivity index (χ2n) is 7.09. The summed E-state index contributed by atoms with van der Waals surface area (Å²) >= 11 is 0. The van der Waals surface area contributed by atoms with Gasteiger partial charge in [-0.15, -0.1) is 0 Å². The maximum absolute atomic E-state index is 13.4. The van der Waals surface area contributed by atoms with Gasteiger partial charge in [-0.1, -0.05) is 12.5 Å². The topological polar surface area (TPSA) is 67.9 Å². The molecule has 2 saturated heterocycles. The first kappa shape index (κ1) is 19.6. The van der Waals surface area contributed by atoms with Gasteiger partial charge in [0.05, 0.1) is 12.6 Å². The zero-order chi connectivity index (χ0) is 19.1. The van der Waals surface area contributed by atoms with Gasteiger partial charge in [-0.2, -0.15) is 0 Å². The molecule has 0 spiro atoms. The van der Waals surface area contributed by atoms with Crippen LogP contribution in [0, 0.1) is 5.82 Å². The van der Waals surface area contributed by atoms with Crippen LogP contribution in [0.4, 0.5) is 4.39 Å². The Morgan fingerprint density at radius 3 is 3.07 bits per heavy atom. The van der Waals surface area contributed by atoms with Crippen molar-refractivity contribution in [2.75, 3.05) is 26.3 Å². The van der Waals surface area contributed by atoms with Gasteiger partial charge in [0.25, 0.3) is 0 Å². The van der Waals surface area contributed by atoms with E-state index in [0.717, 1.165) is 25.8 Å². The van der Waals surface area contributed by atoms with E-state index in [4.69, 9.17) is 9.47 Å². The SMILES string of the molecule is O=C(CCN1CCCCCC1=O)N[C@@H]1CCOC[C@H]1Oc1cccc(F)c1. The highest BCUT2D eigenvalue weighted by Crippen LogP contribution is 2.19. The van der Waals surface area contributed by atoms with Crippen molar-refractivity contribution in [3.63, 3.8) is 0 Å². The van der Waals surface area contributed by atoms with Crippen LogP contribution >= 0.6 is 0 Å². The molecule has 7 heteroatoms. The van der Waals surface area contributed by atoms with Crippen LogP contribution in [0.3, 0.4) is 0 Å². The van der Waals surface area contributed by atoms with Crippen LogP contribution in [0.1, 0.15) is 38.5 Å². The van der Waals surface area contributed by atoms with E-state index >= 15 is 0 Å². The molecule has 0 saturated carbocycles. The van der Waals surface area contributed by atoms with Crippen LogP contribution in [0.25, 0.3) is 0 Å². The van der Waals surface area contributed by atoms with E-state index in [1.54, 1.807) is 17.0 Å². The Morgan fingerprint density at radius 2 is 2.22 bits per heavy atom. The third-order valence-corrected chi connectivity index (χ3v) is 5.01. The van der Waals surface area contributed by atoms with Gasteiger partial charge in [0.15, 0.2) is 0 Å². The van der Waals surface area contributed by atoms with Crippen LogP contribution in [-0.4, -0.2) is 55.2 Å². The highest BCUT2D eigenvalue weighted by atomic mass is 19.1. The van der Waals surface area contributed by atoms with E-state index in [0.29, 0.717) is 38.3 Å². The average molecular weight is 378 g/mol. The summed E-state index contributed by atoms with van der Waals surface area (Å²) in [4.78, 5) is 26.2. The molecule has 27 heavy (non-hydrogen) atoms. The summed E-state index contributed by atoms with van der Waals surface area (Å²) in [5.41, 5.74) is 0. The Labute approximate surface area is 159 Å². The predicted molar refractivity (Wildman–Crippen MR) is 97.8 cm³/mol. The first-order valence-corrected chi connectivity index (χ1v) is 9.69. The lowest BCUT2D eigenvalue weighted by Gasteiger charge is -2.32. The van der Waals surface area contributed by atoms with Crippen molar-refractivity contribution in [1.82, 2.24) is 10.2 Å². The molecule has 6 nitrogen and oxygen atoms in total. The monoisotopic (exact) mass is 378 g/mol. The fraction of sp³-hybridized carbons (Fsp3) is 0.600. The van der Waals surface area contributed by atoms with E-state index in [-0.39, 0.29) is 36.2 Å². The second-order valence-corrected chi connectivity index (χ2v) is 7.09. The Hall–Kier alpha value is -2.15. The van der Waals surface area contributed by atoms with Gasteiger partial charge in [0, 0.05) is 38.6 Å². The highest BCUT2D eigenvalue weighted by molar-refractivity contribution is 5.79. The fourth-order valence-electron chi connectivity index (χ4n) is 3.50. The van der Waals surface area contributed by atoms with E-state index in [1.807, 2.05) is 0 Å². The van der Waals surface area contributed by atoms with E-state index in [1.165, 1.54) is 12.1 Å². The first-order chi connectivity index (χ1) is 13.1. The molecule has 2 atom stereocenters. The lowest BCUT2D eigenvalue weighted by Crippen LogP contribution is -2.51. The predicted octanol–water partition coefficient (Wildman–Crippen LogP) is 2.27. The van der Waals surface area contributed by atoms with E-state index in [9.17, 15) is 14.0 Å². The van der Waals surface area contributed by atoms with Crippen molar-refractivity contribution >= 4 is 11.8 Å². The molecule has 0 aromatic heterocycles. The molecule has 1 N–H and O–H groups in total. The normalized spacial score (nSPS) is 23.6. The van der Waals surface area contributed by atoms with Gasteiger partial charge in [-0.3, -0.25) is 9.59 Å². The van der Waals surface area contributed by atoms with Crippen molar-refractivity contribution in [3.8, 4) is 5.75 Å². The zero-order valence-corrected chi connectivity index (χ0v) is 15.5. The van der Waals surface area contributed by atoms with Crippen molar-refractivity contribution in [1.29, 1.82) is 0 Å². The number of rotatable bonds is 6. The van der Waals surface area contributed by atoms with Gasteiger partial charge in [0.2, 0.25) is 11.8 Å². The summed E-state index contributed by atoms with van der Waals surface area (Å²) in [7, 11) is 0. The molecule has 2 fully saturated rings. The lowest BCUT2D eigenvalue weighted by molar-refractivity contribution is -0.131. The minimum Gasteiger partial charge on any atom is -0.486 e. The van der Waals surface area contributed by atoms with Crippen LogP contribution < -0.4 is 10.1 Å².